The zero-order valence-corrected chi connectivity index (χ0v) is 22.1. The summed E-state index contributed by atoms with van der Waals surface area (Å²) < 4.78 is 8.44. The molecule has 1 saturated heterocycles. The van der Waals surface area contributed by atoms with Gasteiger partial charge in [-0.15, -0.1) is 0 Å². The fourth-order valence-corrected chi connectivity index (χ4v) is 5.57. The molecule has 1 aliphatic rings. The minimum atomic E-state index is -0.278. The molecule has 1 amide bonds. The lowest BCUT2D eigenvalue weighted by Crippen LogP contribution is -2.45. The van der Waals surface area contributed by atoms with E-state index >= 15 is 0 Å². The van der Waals surface area contributed by atoms with Crippen molar-refractivity contribution in [1.82, 2.24) is 24.6 Å². The Morgan fingerprint density at radius 1 is 0.974 bits per heavy atom. The topological polar surface area (TPSA) is 81.4 Å². The lowest BCUT2D eigenvalue weighted by Gasteiger charge is -2.32. The number of piperidine rings is 1. The first-order valence-electron chi connectivity index (χ1n) is 13.3. The van der Waals surface area contributed by atoms with E-state index in [4.69, 9.17) is 4.74 Å². The van der Waals surface area contributed by atoms with Crippen LogP contribution in [0.2, 0.25) is 0 Å². The highest BCUT2D eigenvalue weighted by Crippen LogP contribution is 2.29. The molecule has 1 aliphatic heterocycles. The van der Waals surface area contributed by atoms with E-state index in [2.05, 4.69) is 39.6 Å². The Balaban J connectivity index is 1.33. The van der Waals surface area contributed by atoms with Crippen molar-refractivity contribution in [3.63, 3.8) is 0 Å². The number of benzene rings is 3. The molecular weight excluding hydrogens is 490 g/mol. The second-order valence-corrected chi connectivity index (χ2v) is 10.1. The number of ether oxygens (including phenoxy) is 1. The van der Waals surface area contributed by atoms with Gasteiger partial charge in [-0.1, -0.05) is 48.5 Å². The molecule has 0 spiro atoms. The second-order valence-electron chi connectivity index (χ2n) is 10.1. The normalized spacial score (nSPS) is 14.6. The van der Waals surface area contributed by atoms with Gasteiger partial charge in [-0.2, -0.15) is 9.78 Å². The van der Waals surface area contributed by atoms with Gasteiger partial charge in [0, 0.05) is 49.0 Å². The fourth-order valence-electron chi connectivity index (χ4n) is 5.57. The third kappa shape index (κ3) is 4.68. The molecule has 39 heavy (non-hydrogen) atoms. The van der Waals surface area contributed by atoms with Gasteiger partial charge in [0.15, 0.2) is 5.69 Å². The van der Waals surface area contributed by atoms with E-state index in [1.54, 1.807) is 31.4 Å². The highest BCUT2D eigenvalue weighted by Gasteiger charge is 2.26. The number of likely N-dealkylation sites (tertiary alicyclic amines) is 1. The van der Waals surface area contributed by atoms with E-state index < -0.39 is 0 Å². The van der Waals surface area contributed by atoms with Gasteiger partial charge in [0.25, 0.3) is 11.5 Å². The molecule has 0 atom stereocenters. The number of rotatable bonds is 6. The second kappa shape index (κ2) is 10.4. The van der Waals surface area contributed by atoms with E-state index in [-0.39, 0.29) is 23.2 Å². The summed E-state index contributed by atoms with van der Waals surface area (Å²) in [4.78, 5) is 30.0. The van der Waals surface area contributed by atoms with Gasteiger partial charge in [-0.05, 0) is 48.7 Å². The van der Waals surface area contributed by atoms with Gasteiger partial charge in [0.05, 0.1) is 12.8 Å². The SMILES string of the molecule is COc1ccc(-n2nc(C(=O)NC3CCN(Cc4ccccc4)CC3)c3c4ccccc4n(C)c3c2=O)cc1. The molecular formula is C31H31N5O3. The molecule has 198 valence electrons. The summed E-state index contributed by atoms with van der Waals surface area (Å²) in [6.07, 6.45) is 1.71. The molecule has 0 unspecified atom stereocenters. The Hall–Kier alpha value is -4.43. The fraction of sp³-hybridized carbons (Fsp3) is 0.258. The molecule has 1 N–H and O–H groups in total. The number of aryl methyl sites for hydroxylation is 1. The Morgan fingerprint density at radius 2 is 1.67 bits per heavy atom. The largest absolute Gasteiger partial charge is 0.497 e. The summed E-state index contributed by atoms with van der Waals surface area (Å²) in [6.45, 7) is 2.72. The van der Waals surface area contributed by atoms with Crippen LogP contribution >= 0.6 is 0 Å². The van der Waals surface area contributed by atoms with Crippen molar-refractivity contribution in [2.24, 2.45) is 7.05 Å². The quantitative estimate of drug-likeness (QED) is 0.361. The van der Waals surface area contributed by atoms with Crippen LogP contribution in [-0.2, 0) is 13.6 Å². The van der Waals surface area contributed by atoms with E-state index in [9.17, 15) is 9.59 Å². The zero-order chi connectivity index (χ0) is 26.9. The molecule has 3 aromatic carbocycles. The number of nitrogens with zero attached hydrogens (tertiary/aromatic N) is 4. The maximum absolute atomic E-state index is 13.8. The van der Waals surface area contributed by atoms with Crippen LogP contribution in [0.15, 0.2) is 83.7 Å². The molecule has 8 nitrogen and oxygen atoms in total. The van der Waals surface area contributed by atoms with Crippen LogP contribution in [0.4, 0.5) is 0 Å². The van der Waals surface area contributed by atoms with Gasteiger partial charge >= 0.3 is 0 Å². The summed E-state index contributed by atoms with van der Waals surface area (Å²) in [7, 11) is 3.45. The van der Waals surface area contributed by atoms with Crippen LogP contribution in [0.25, 0.3) is 27.5 Å². The summed E-state index contributed by atoms with van der Waals surface area (Å²) in [5.41, 5.74) is 3.16. The predicted octanol–water partition coefficient (Wildman–Crippen LogP) is 4.28. The van der Waals surface area contributed by atoms with Crippen molar-refractivity contribution in [2.45, 2.75) is 25.4 Å². The lowest BCUT2D eigenvalue weighted by molar-refractivity contribution is 0.0904. The Kier molecular flexibility index (Phi) is 6.62. The van der Waals surface area contributed by atoms with Crippen molar-refractivity contribution in [3.05, 3.63) is 100 Å². The molecule has 5 aromatic rings. The number of hydrogen-bond donors (Lipinski definition) is 1. The number of carbonyl (C=O) groups is 1. The number of aromatic nitrogens is 3. The van der Waals surface area contributed by atoms with E-state index in [0.717, 1.165) is 43.4 Å². The minimum absolute atomic E-state index is 0.0396. The molecule has 2 aromatic heterocycles. The van der Waals surface area contributed by atoms with E-state index in [1.807, 2.05) is 41.9 Å². The molecule has 3 heterocycles. The molecule has 0 radical (unpaired) electrons. The van der Waals surface area contributed by atoms with Crippen LogP contribution < -0.4 is 15.6 Å². The number of para-hydroxylation sites is 1. The van der Waals surface area contributed by atoms with Crippen molar-refractivity contribution in [2.75, 3.05) is 20.2 Å². The Labute approximate surface area is 226 Å². The third-order valence-corrected chi connectivity index (χ3v) is 7.64. The van der Waals surface area contributed by atoms with Crippen molar-refractivity contribution >= 4 is 27.7 Å². The first kappa shape index (κ1) is 24.9. The van der Waals surface area contributed by atoms with Crippen LogP contribution in [0.3, 0.4) is 0 Å². The minimum Gasteiger partial charge on any atom is -0.497 e. The first-order chi connectivity index (χ1) is 19.0. The zero-order valence-electron chi connectivity index (χ0n) is 22.1. The van der Waals surface area contributed by atoms with Crippen LogP contribution in [0, 0.1) is 0 Å². The number of amides is 1. The average molecular weight is 522 g/mol. The summed E-state index contributed by atoms with van der Waals surface area (Å²) in [6, 6.07) is 25.3. The first-order valence-corrected chi connectivity index (χ1v) is 13.3. The average Bonchev–Trinajstić information content (AvgIpc) is 3.28. The maximum Gasteiger partial charge on any atom is 0.296 e. The van der Waals surface area contributed by atoms with Gasteiger partial charge in [0.1, 0.15) is 11.3 Å². The summed E-state index contributed by atoms with van der Waals surface area (Å²) in [5, 5.41) is 9.31. The van der Waals surface area contributed by atoms with Crippen LogP contribution in [-0.4, -0.2) is 51.4 Å². The Morgan fingerprint density at radius 3 is 2.38 bits per heavy atom. The summed E-state index contributed by atoms with van der Waals surface area (Å²) >= 11 is 0. The summed E-state index contributed by atoms with van der Waals surface area (Å²) in [5.74, 6) is 0.411. The highest BCUT2D eigenvalue weighted by atomic mass is 16.5. The predicted molar refractivity (Wildman–Crippen MR) is 153 cm³/mol. The van der Waals surface area contributed by atoms with Crippen LogP contribution in [0.1, 0.15) is 28.9 Å². The standard InChI is InChI=1S/C31H31N5O3/c1-34-26-11-7-6-10-25(26)27-28(33-36(31(38)29(27)34)23-12-14-24(39-2)15-13-23)30(37)32-22-16-18-35(19-17-22)20-21-8-4-3-5-9-21/h3-15,22H,16-20H2,1-2H3,(H,32,37). The number of fused-ring (bicyclic) bond motifs is 3. The Bertz CT molecular complexity index is 1700. The molecule has 8 heteroatoms. The number of carbonyl (C=O) groups excluding carboxylic acids is 1. The number of hydrogen-bond acceptors (Lipinski definition) is 5. The van der Waals surface area contributed by atoms with Crippen LogP contribution in [0.5, 0.6) is 5.75 Å². The maximum atomic E-state index is 13.8. The molecule has 0 bridgehead atoms. The van der Waals surface area contributed by atoms with Gasteiger partial charge in [-0.3, -0.25) is 14.5 Å². The monoisotopic (exact) mass is 521 g/mol. The van der Waals surface area contributed by atoms with Gasteiger partial charge < -0.3 is 14.6 Å². The third-order valence-electron chi connectivity index (χ3n) is 7.64. The van der Waals surface area contributed by atoms with Gasteiger partial charge in [-0.25, -0.2) is 0 Å². The highest BCUT2D eigenvalue weighted by molar-refractivity contribution is 6.16. The van der Waals surface area contributed by atoms with E-state index in [0.29, 0.717) is 22.3 Å². The van der Waals surface area contributed by atoms with Gasteiger partial charge in [0.2, 0.25) is 0 Å². The van der Waals surface area contributed by atoms with Crippen molar-refractivity contribution < 1.29 is 9.53 Å². The molecule has 0 saturated carbocycles. The molecule has 1 fully saturated rings. The smallest absolute Gasteiger partial charge is 0.296 e. The molecule has 6 rings (SSSR count). The number of nitrogens with one attached hydrogen (secondary N) is 1. The van der Waals surface area contributed by atoms with E-state index in [1.165, 1.54) is 10.2 Å². The lowest BCUT2D eigenvalue weighted by atomic mass is 10.0. The molecule has 0 aliphatic carbocycles. The van der Waals surface area contributed by atoms with Crippen molar-refractivity contribution in [1.29, 1.82) is 0 Å². The number of methoxy groups -OCH3 is 1. The van der Waals surface area contributed by atoms with Crippen molar-refractivity contribution in [3.8, 4) is 11.4 Å².